The molecular formula is C5H7N2NaO2S. The summed E-state index contributed by atoms with van der Waals surface area (Å²) in [5.74, 6) is 0. The molecule has 0 aliphatic heterocycles. The van der Waals surface area contributed by atoms with Gasteiger partial charge in [-0.25, -0.2) is 0 Å². The number of nitrogens with zero attached hydrogens (tertiary/aromatic N) is 2. The number of aromatic nitrogens is 2. The summed E-state index contributed by atoms with van der Waals surface area (Å²) in [6.45, 7) is 1.71. The van der Waals surface area contributed by atoms with E-state index >= 15 is 0 Å². The molecular weight excluding hydrogens is 175 g/mol. The van der Waals surface area contributed by atoms with Gasteiger partial charge in [0.2, 0.25) is 0 Å². The first-order valence-electron chi connectivity index (χ1n) is 2.71. The Bertz CT molecular complexity index is 273. The van der Waals surface area contributed by atoms with Crippen LogP contribution in [0.15, 0.2) is 11.1 Å². The minimum absolute atomic E-state index is 0. The summed E-state index contributed by atoms with van der Waals surface area (Å²) in [6, 6.07) is 0. The van der Waals surface area contributed by atoms with Gasteiger partial charge < -0.3 is 4.55 Å². The predicted octanol–water partition coefficient (Wildman–Crippen LogP) is -3.03. The van der Waals surface area contributed by atoms with Crippen LogP contribution in [0.2, 0.25) is 0 Å². The number of hydrogen-bond donors (Lipinski definition) is 0. The molecule has 0 spiro atoms. The van der Waals surface area contributed by atoms with E-state index in [1.165, 1.54) is 10.9 Å². The Balaban J connectivity index is 0.000001000. The predicted molar refractivity (Wildman–Crippen MR) is 35.1 cm³/mol. The minimum atomic E-state index is -2.15. The van der Waals surface area contributed by atoms with Crippen LogP contribution in [-0.2, 0) is 18.1 Å². The topological polar surface area (TPSA) is 57.9 Å². The summed E-state index contributed by atoms with van der Waals surface area (Å²) < 4.78 is 22.3. The average molecular weight is 182 g/mol. The van der Waals surface area contributed by atoms with Gasteiger partial charge in [0.15, 0.2) is 0 Å². The van der Waals surface area contributed by atoms with Crippen molar-refractivity contribution in [3.05, 3.63) is 11.9 Å². The Morgan fingerprint density at radius 2 is 2.27 bits per heavy atom. The van der Waals surface area contributed by atoms with E-state index < -0.39 is 11.1 Å². The third-order valence-electron chi connectivity index (χ3n) is 1.37. The van der Waals surface area contributed by atoms with Gasteiger partial charge >= 0.3 is 29.6 Å². The van der Waals surface area contributed by atoms with Crippen LogP contribution in [0.3, 0.4) is 0 Å². The van der Waals surface area contributed by atoms with Gasteiger partial charge in [-0.05, 0) is 18.0 Å². The molecule has 0 amide bonds. The Hall–Kier alpha value is 0.320. The fourth-order valence-electron chi connectivity index (χ4n) is 0.642. The molecule has 0 fully saturated rings. The average Bonchev–Trinajstić information content (AvgIpc) is 2.14. The Morgan fingerprint density at radius 3 is 2.45 bits per heavy atom. The van der Waals surface area contributed by atoms with Gasteiger partial charge in [0, 0.05) is 12.7 Å². The van der Waals surface area contributed by atoms with Crippen LogP contribution in [0.1, 0.15) is 5.69 Å². The van der Waals surface area contributed by atoms with Crippen LogP contribution in [0.4, 0.5) is 0 Å². The molecule has 0 N–H and O–H groups in total. The van der Waals surface area contributed by atoms with Gasteiger partial charge in [0.25, 0.3) is 0 Å². The van der Waals surface area contributed by atoms with E-state index in [1.807, 2.05) is 0 Å². The standard InChI is InChI=1S/C5H8N2O2S.Na/c1-4-5(10(8)9)3-6-7(4)2;/h3H,1-2H3,(H,8,9);/q;+1/p-1. The van der Waals surface area contributed by atoms with Crippen LogP contribution in [0.5, 0.6) is 0 Å². The molecule has 0 saturated heterocycles. The van der Waals surface area contributed by atoms with Gasteiger partial charge in [-0.3, -0.25) is 8.89 Å². The molecule has 1 atom stereocenters. The first-order chi connectivity index (χ1) is 4.63. The summed E-state index contributed by atoms with van der Waals surface area (Å²) >= 11 is -2.15. The van der Waals surface area contributed by atoms with Crippen molar-refractivity contribution in [1.82, 2.24) is 9.78 Å². The molecule has 0 radical (unpaired) electrons. The van der Waals surface area contributed by atoms with Crippen molar-refractivity contribution < 1.29 is 38.3 Å². The molecule has 1 unspecified atom stereocenters. The second kappa shape index (κ2) is 4.37. The summed E-state index contributed by atoms with van der Waals surface area (Å²) in [6.07, 6.45) is 1.33. The van der Waals surface area contributed by atoms with Gasteiger partial charge in [0.1, 0.15) is 0 Å². The van der Waals surface area contributed by atoms with Crippen molar-refractivity contribution in [2.24, 2.45) is 7.05 Å². The number of hydrogen-bond acceptors (Lipinski definition) is 3. The fourth-order valence-corrected chi connectivity index (χ4v) is 1.15. The van der Waals surface area contributed by atoms with E-state index in [9.17, 15) is 8.76 Å². The molecule has 1 aromatic rings. The third-order valence-corrected chi connectivity index (χ3v) is 2.13. The second-order valence-electron chi connectivity index (χ2n) is 1.95. The number of aryl methyl sites for hydroxylation is 1. The molecule has 0 aromatic carbocycles. The Morgan fingerprint density at radius 1 is 1.73 bits per heavy atom. The van der Waals surface area contributed by atoms with Crippen LogP contribution in [0, 0.1) is 6.92 Å². The molecule has 0 aliphatic carbocycles. The zero-order valence-electron chi connectivity index (χ0n) is 6.70. The zero-order valence-corrected chi connectivity index (χ0v) is 9.51. The largest absolute Gasteiger partial charge is 1.00 e. The van der Waals surface area contributed by atoms with Crippen molar-refractivity contribution in [2.45, 2.75) is 11.8 Å². The Labute approximate surface area is 89.6 Å². The Kier molecular flexibility index (Phi) is 4.50. The van der Waals surface area contributed by atoms with Gasteiger partial charge in [-0.15, -0.1) is 0 Å². The van der Waals surface area contributed by atoms with E-state index in [-0.39, 0.29) is 34.5 Å². The first-order valence-corrected chi connectivity index (χ1v) is 3.78. The van der Waals surface area contributed by atoms with E-state index in [4.69, 9.17) is 0 Å². The molecule has 4 nitrogen and oxygen atoms in total. The maximum Gasteiger partial charge on any atom is 1.00 e. The van der Waals surface area contributed by atoms with Gasteiger partial charge in [-0.2, -0.15) is 5.10 Å². The summed E-state index contributed by atoms with van der Waals surface area (Å²) in [7, 11) is 1.70. The summed E-state index contributed by atoms with van der Waals surface area (Å²) in [5.41, 5.74) is 0.660. The minimum Gasteiger partial charge on any atom is -0.768 e. The van der Waals surface area contributed by atoms with Crippen LogP contribution in [0.25, 0.3) is 0 Å². The monoisotopic (exact) mass is 182 g/mol. The smallest absolute Gasteiger partial charge is 0.768 e. The van der Waals surface area contributed by atoms with E-state index in [2.05, 4.69) is 5.10 Å². The number of rotatable bonds is 1. The quantitative estimate of drug-likeness (QED) is 0.343. The summed E-state index contributed by atoms with van der Waals surface area (Å²) in [5, 5.41) is 3.76. The van der Waals surface area contributed by atoms with Crippen LogP contribution in [-0.4, -0.2) is 18.5 Å². The molecule has 11 heavy (non-hydrogen) atoms. The van der Waals surface area contributed by atoms with Crippen LogP contribution < -0.4 is 29.6 Å². The molecule has 1 rings (SSSR count). The third kappa shape index (κ3) is 2.38. The second-order valence-corrected chi connectivity index (χ2v) is 2.86. The fraction of sp³-hybridized carbons (Fsp3) is 0.400. The molecule has 1 aromatic heterocycles. The maximum absolute atomic E-state index is 10.4. The maximum atomic E-state index is 10.4. The normalized spacial score (nSPS) is 12.3. The zero-order chi connectivity index (χ0) is 7.72. The first kappa shape index (κ1) is 11.3. The van der Waals surface area contributed by atoms with Gasteiger partial charge in [0.05, 0.1) is 11.1 Å². The molecule has 0 bridgehead atoms. The SMILES string of the molecule is Cc1c(S(=O)[O-])cnn1C.[Na+]. The van der Waals surface area contributed by atoms with Crippen molar-refractivity contribution in [3.63, 3.8) is 0 Å². The molecule has 1 heterocycles. The molecule has 56 valence electrons. The van der Waals surface area contributed by atoms with Crippen molar-refractivity contribution in [1.29, 1.82) is 0 Å². The van der Waals surface area contributed by atoms with Gasteiger partial charge in [-0.1, -0.05) is 0 Å². The van der Waals surface area contributed by atoms with Crippen molar-refractivity contribution in [2.75, 3.05) is 0 Å². The molecule has 0 saturated carbocycles. The van der Waals surface area contributed by atoms with Crippen molar-refractivity contribution >= 4 is 11.1 Å². The summed E-state index contributed by atoms with van der Waals surface area (Å²) in [4.78, 5) is 0.266. The van der Waals surface area contributed by atoms with Crippen LogP contribution >= 0.6 is 0 Å². The van der Waals surface area contributed by atoms with E-state index in [0.29, 0.717) is 5.69 Å². The molecule has 0 aliphatic rings. The van der Waals surface area contributed by atoms with E-state index in [1.54, 1.807) is 14.0 Å². The van der Waals surface area contributed by atoms with E-state index in [0.717, 1.165) is 0 Å². The molecule has 6 heteroatoms. The van der Waals surface area contributed by atoms with Crippen molar-refractivity contribution in [3.8, 4) is 0 Å².